The summed E-state index contributed by atoms with van der Waals surface area (Å²) in [5.41, 5.74) is 1.14. The molecule has 88 valence electrons. The molecular weight excluding hydrogens is 222 g/mol. The van der Waals surface area contributed by atoms with Crippen molar-refractivity contribution < 1.29 is 4.74 Å². The molecule has 1 N–H and O–H groups in total. The van der Waals surface area contributed by atoms with Crippen LogP contribution in [0.1, 0.15) is 19.8 Å². The van der Waals surface area contributed by atoms with Crippen molar-refractivity contribution in [2.45, 2.75) is 25.8 Å². The second-order valence-electron chi connectivity index (χ2n) is 4.39. The molecule has 0 radical (unpaired) electrons. The van der Waals surface area contributed by atoms with Crippen LogP contribution in [0.15, 0.2) is 24.3 Å². The lowest BCUT2D eigenvalue weighted by atomic mass is 9.93. The van der Waals surface area contributed by atoms with E-state index in [9.17, 15) is 0 Å². The average Bonchev–Trinajstić information content (AvgIpc) is 2.33. The Labute approximate surface area is 102 Å². The lowest BCUT2D eigenvalue weighted by Gasteiger charge is -2.29. The lowest BCUT2D eigenvalue weighted by Crippen LogP contribution is -2.30. The van der Waals surface area contributed by atoms with E-state index in [1.165, 1.54) is 0 Å². The van der Waals surface area contributed by atoms with Crippen LogP contribution >= 0.6 is 11.6 Å². The van der Waals surface area contributed by atoms with Gasteiger partial charge in [0.1, 0.15) is 0 Å². The highest BCUT2D eigenvalue weighted by Gasteiger charge is 2.20. The Morgan fingerprint density at radius 2 is 1.88 bits per heavy atom. The van der Waals surface area contributed by atoms with Crippen molar-refractivity contribution >= 4 is 17.3 Å². The minimum atomic E-state index is 0.491. The standard InChI is InChI=1S/C13H18ClNO/c1-10(11-6-8-16-9-7-11)15-13-4-2-12(14)3-5-13/h2-5,10-11,15H,6-9H2,1H3. The van der Waals surface area contributed by atoms with E-state index in [0.717, 1.165) is 36.8 Å². The highest BCUT2D eigenvalue weighted by Crippen LogP contribution is 2.22. The summed E-state index contributed by atoms with van der Waals surface area (Å²) in [5, 5.41) is 4.31. The van der Waals surface area contributed by atoms with E-state index >= 15 is 0 Å². The molecule has 3 heteroatoms. The molecule has 0 aromatic heterocycles. The first kappa shape index (κ1) is 11.7. The second-order valence-corrected chi connectivity index (χ2v) is 4.83. The van der Waals surface area contributed by atoms with Gasteiger partial charge in [0.05, 0.1) is 0 Å². The van der Waals surface area contributed by atoms with Gasteiger partial charge in [0.25, 0.3) is 0 Å². The highest BCUT2D eigenvalue weighted by molar-refractivity contribution is 6.30. The predicted octanol–water partition coefficient (Wildman–Crippen LogP) is 3.57. The molecule has 1 aromatic carbocycles. The molecule has 2 nitrogen and oxygen atoms in total. The number of halogens is 1. The van der Waals surface area contributed by atoms with Gasteiger partial charge in [-0.25, -0.2) is 0 Å². The van der Waals surface area contributed by atoms with Crippen LogP contribution in [-0.2, 0) is 4.74 Å². The van der Waals surface area contributed by atoms with Gasteiger partial charge in [-0.2, -0.15) is 0 Å². The fourth-order valence-electron chi connectivity index (χ4n) is 2.14. The summed E-state index contributed by atoms with van der Waals surface area (Å²) in [4.78, 5) is 0. The van der Waals surface area contributed by atoms with E-state index in [1.807, 2.05) is 24.3 Å². The monoisotopic (exact) mass is 239 g/mol. The first-order valence-electron chi connectivity index (χ1n) is 5.85. The number of hydrogen-bond donors (Lipinski definition) is 1. The van der Waals surface area contributed by atoms with E-state index in [-0.39, 0.29) is 0 Å². The van der Waals surface area contributed by atoms with Crippen LogP contribution in [0.4, 0.5) is 5.69 Å². The van der Waals surface area contributed by atoms with Gasteiger partial charge >= 0.3 is 0 Å². The summed E-state index contributed by atoms with van der Waals surface area (Å²) >= 11 is 5.85. The zero-order valence-corrected chi connectivity index (χ0v) is 10.3. The minimum absolute atomic E-state index is 0.491. The molecule has 1 fully saturated rings. The Kier molecular flexibility index (Phi) is 4.08. The van der Waals surface area contributed by atoms with Gasteiger partial charge in [-0.15, -0.1) is 0 Å². The van der Waals surface area contributed by atoms with Crippen molar-refractivity contribution in [1.29, 1.82) is 0 Å². The summed E-state index contributed by atoms with van der Waals surface area (Å²) in [7, 11) is 0. The fraction of sp³-hybridized carbons (Fsp3) is 0.538. The van der Waals surface area contributed by atoms with Crippen LogP contribution in [0.3, 0.4) is 0 Å². The summed E-state index contributed by atoms with van der Waals surface area (Å²) in [6.45, 7) is 4.04. The molecule has 1 aliphatic rings. The Morgan fingerprint density at radius 1 is 1.25 bits per heavy atom. The SMILES string of the molecule is CC(Nc1ccc(Cl)cc1)C1CCOCC1. The van der Waals surface area contributed by atoms with E-state index < -0.39 is 0 Å². The van der Waals surface area contributed by atoms with Gasteiger partial charge in [-0.05, 0) is 49.9 Å². The average molecular weight is 240 g/mol. The van der Waals surface area contributed by atoms with Gasteiger partial charge in [0.15, 0.2) is 0 Å². The Balaban J connectivity index is 1.90. The maximum atomic E-state index is 5.85. The first-order valence-corrected chi connectivity index (χ1v) is 6.23. The number of ether oxygens (including phenoxy) is 1. The molecule has 1 atom stereocenters. The van der Waals surface area contributed by atoms with Gasteiger partial charge in [0, 0.05) is 30.0 Å². The van der Waals surface area contributed by atoms with Crippen LogP contribution in [0, 0.1) is 5.92 Å². The third-order valence-electron chi connectivity index (χ3n) is 3.21. The zero-order chi connectivity index (χ0) is 11.4. The molecule has 0 aliphatic carbocycles. The topological polar surface area (TPSA) is 21.3 Å². The Morgan fingerprint density at radius 3 is 2.50 bits per heavy atom. The molecule has 0 amide bonds. The molecule has 1 aliphatic heterocycles. The van der Waals surface area contributed by atoms with Gasteiger partial charge in [-0.1, -0.05) is 11.6 Å². The quantitative estimate of drug-likeness (QED) is 0.871. The number of rotatable bonds is 3. The minimum Gasteiger partial charge on any atom is -0.382 e. The van der Waals surface area contributed by atoms with Crippen molar-refractivity contribution in [3.63, 3.8) is 0 Å². The molecule has 2 rings (SSSR count). The molecule has 1 unspecified atom stereocenters. The van der Waals surface area contributed by atoms with Crippen molar-refractivity contribution in [3.8, 4) is 0 Å². The number of benzene rings is 1. The van der Waals surface area contributed by atoms with E-state index in [2.05, 4.69) is 12.2 Å². The molecule has 1 heterocycles. The van der Waals surface area contributed by atoms with Crippen molar-refractivity contribution in [2.24, 2.45) is 5.92 Å². The van der Waals surface area contributed by atoms with E-state index in [0.29, 0.717) is 12.0 Å². The largest absolute Gasteiger partial charge is 0.382 e. The third-order valence-corrected chi connectivity index (χ3v) is 3.46. The lowest BCUT2D eigenvalue weighted by molar-refractivity contribution is 0.0622. The number of anilines is 1. The summed E-state index contributed by atoms with van der Waals surface area (Å²) in [6.07, 6.45) is 2.31. The summed E-state index contributed by atoms with van der Waals surface area (Å²) < 4.78 is 5.37. The van der Waals surface area contributed by atoms with Crippen LogP contribution in [0.2, 0.25) is 5.02 Å². The number of nitrogens with one attached hydrogen (secondary N) is 1. The Bertz CT molecular complexity index is 319. The molecule has 1 saturated heterocycles. The molecule has 0 spiro atoms. The van der Waals surface area contributed by atoms with Crippen LogP contribution in [-0.4, -0.2) is 19.3 Å². The summed E-state index contributed by atoms with van der Waals surface area (Å²) in [5.74, 6) is 0.712. The van der Waals surface area contributed by atoms with Crippen LogP contribution in [0.25, 0.3) is 0 Å². The normalized spacial score (nSPS) is 19.4. The van der Waals surface area contributed by atoms with Gasteiger partial charge < -0.3 is 10.1 Å². The molecule has 1 aromatic rings. The Hall–Kier alpha value is -0.730. The van der Waals surface area contributed by atoms with Crippen molar-refractivity contribution in [2.75, 3.05) is 18.5 Å². The summed E-state index contributed by atoms with van der Waals surface area (Å²) in [6, 6.07) is 8.38. The van der Waals surface area contributed by atoms with Crippen LogP contribution < -0.4 is 5.32 Å². The fourth-order valence-corrected chi connectivity index (χ4v) is 2.27. The smallest absolute Gasteiger partial charge is 0.0469 e. The van der Waals surface area contributed by atoms with Crippen molar-refractivity contribution in [1.82, 2.24) is 0 Å². The number of hydrogen-bond acceptors (Lipinski definition) is 2. The first-order chi connectivity index (χ1) is 7.75. The maximum Gasteiger partial charge on any atom is 0.0469 e. The second kappa shape index (κ2) is 5.55. The van der Waals surface area contributed by atoms with E-state index in [1.54, 1.807) is 0 Å². The third kappa shape index (κ3) is 3.13. The predicted molar refractivity (Wildman–Crippen MR) is 68.1 cm³/mol. The van der Waals surface area contributed by atoms with Gasteiger partial charge in [-0.3, -0.25) is 0 Å². The van der Waals surface area contributed by atoms with Crippen molar-refractivity contribution in [3.05, 3.63) is 29.3 Å². The highest BCUT2D eigenvalue weighted by atomic mass is 35.5. The zero-order valence-electron chi connectivity index (χ0n) is 9.58. The van der Waals surface area contributed by atoms with Crippen LogP contribution in [0.5, 0.6) is 0 Å². The van der Waals surface area contributed by atoms with Gasteiger partial charge in [0.2, 0.25) is 0 Å². The van der Waals surface area contributed by atoms with E-state index in [4.69, 9.17) is 16.3 Å². The molecule has 0 bridgehead atoms. The molecule has 16 heavy (non-hydrogen) atoms. The maximum absolute atomic E-state index is 5.85. The molecular formula is C13H18ClNO. The molecule has 0 saturated carbocycles.